The SMILES string of the molecule is CCOc1ccc(-n2c(C(C)C(C(N)=O)C3CCNC(c4ccc(F)c(C(F)(F)F)c4)C3)nc3ccccc3c2=O)cc1. The van der Waals surface area contributed by atoms with E-state index in [-0.39, 0.29) is 23.5 Å². The third-order valence-corrected chi connectivity index (χ3v) is 8.13. The van der Waals surface area contributed by atoms with Crippen LogP contribution in [0.5, 0.6) is 5.75 Å². The van der Waals surface area contributed by atoms with E-state index in [0.29, 0.717) is 47.7 Å². The molecule has 11 heteroatoms. The van der Waals surface area contributed by atoms with Crippen LogP contribution in [0.1, 0.15) is 55.6 Å². The Labute approximate surface area is 245 Å². The van der Waals surface area contributed by atoms with E-state index < -0.39 is 41.3 Å². The number of nitrogens with zero attached hydrogens (tertiary/aromatic N) is 2. The van der Waals surface area contributed by atoms with Crippen molar-refractivity contribution in [2.75, 3.05) is 13.2 Å². The minimum absolute atomic E-state index is 0.268. The number of fused-ring (bicyclic) bond motifs is 1. The fourth-order valence-electron chi connectivity index (χ4n) is 6.11. The number of ether oxygens (including phenoxy) is 1. The molecule has 1 fully saturated rings. The van der Waals surface area contributed by atoms with E-state index in [9.17, 15) is 27.2 Å². The molecule has 0 bridgehead atoms. The zero-order chi connectivity index (χ0) is 30.9. The summed E-state index contributed by atoms with van der Waals surface area (Å²) >= 11 is 0. The number of benzene rings is 3. The van der Waals surface area contributed by atoms with Crippen LogP contribution >= 0.6 is 0 Å². The Morgan fingerprint density at radius 1 is 1.14 bits per heavy atom. The largest absolute Gasteiger partial charge is 0.494 e. The second-order valence-electron chi connectivity index (χ2n) is 10.8. The Hall–Kier alpha value is -4.25. The molecule has 1 aromatic heterocycles. The summed E-state index contributed by atoms with van der Waals surface area (Å²) in [4.78, 5) is 31.8. The first-order valence-corrected chi connectivity index (χ1v) is 14.1. The molecule has 1 aliphatic rings. The average molecular weight is 597 g/mol. The maximum atomic E-state index is 14.0. The molecule has 5 rings (SSSR count). The van der Waals surface area contributed by atoms with E-state index in [0.717, 1.165) is 12.1 Å². The van der Waals surface area contributed by atoms with E-state index in [1.807, 2.05) is 6.92 Å². The van der Waals surface area contributed by atoms with Crippen LogP contribution < -0.4 is 21.3 Å². The molecular weight excluding hydrogens is 564 g/mol. The second-order valence-corrected chi connectivity index (χ2v) is 10.8. The summed E-state index contributed by atoms with van der Waals surface area (Å²) in [6.45, 7) is 4.54. The van der Waals surface area contributed by atoms with Gasteiger partial charge in [-0.25, -0.2) is 9.37 Å². The number of amides is 1. The van der Waals surface area contributed by atoms with Gasteiger partial charge < -0.3 is 15.8 Å². The van der Waals surface area contributed by atoms with Crippen LogP contribution in [0.15, 0.2) is 71.5 Å². The molecule has 4 aromatic rings. The molecule has 0 radical (unpaired) electrons. The lowest BCUT2D eigenvalue weighted by Crippen LogP contribution is -2.42. The highest BCUT2D eigenvalue weighted by atomic mass is 19.4. The van der Waals surface area contributed by atoms with Gasteiger partial charge >= 0.3 is 6.18 Å². The maximum Gasteiger partial charge on any atom is 0.419 e. The third kappa shape index (κ3) is 6.13. The van der Waals surface area contributed by atoms with Gasteiger partial charge in [0, 0.05) is 12.0 Å². The predicted molar refractivity (Wildman–Crippen MR) is 154 cm³/mol. The Morgan fingerprint density at radius 2 is 1.86 bits per heavy atom. The smallest absolute Gasteiger partial charge is 0.419 e. The van der Waals surface area contributed by atoms with Gasteiger partial charge in [0.15, 0.2) is 0 Å². The van der Waals surface area contributed by atoms with Crippen molar-refractivity contribution in [3.8, 4) is 11.4 Å². The number of rotatable bonds is 8. The number of aromatic nitrogens is 2. The monoisotopic (exact) mass is 596 g/mol. The summed E-state index contributed by atoms with van der Waals surface area (Å²) in [6, 6.07) is 16.3. The predicted octanol–water partition coefficient (Wildman–Crippen LogP) is 5.89. The van der Waals surface area contributed by atoms with Crippen LogP contribution in [0.25, 0.3) is 16.6 Å². The van der Waals surface area contributed by atoms with E-state index in [1.54, 1.807) is 55.5 Å². The van der Waals surface area contributed by atoms with Crippen LogP contribution in [0.3, 0.4) is 0 Å². The van der Waals surface area contributed by atoms with Crippen LogP contribution in [0, 0.1) is 17.7 Å². The summed E-state index contributed by atoms with van der Waals surface area (Å²) < 4.78 is 61.3. The molecule has 2 heterocycles. The van der Waals surface area contributed by atoms with Gasteiger partial charge in [-0.15, -0.1) is 0 Å². The molecule has 0 spiro atoms. The van der Waals surface area contributed by atoms with Gasteiger partial charge in [-0.05, 0) is 86.3 Å². The Balaban J connectivity index is 1.55. The van der Waals surface area contributed by atoms with E-state index >= 15 is 0 Å². The number of hydrogen-bond donors (Lipinski definition) is 2. The maximum absolute atomic E-state index is 14.0. The number of carbonyl (C=O) groups excluding carboxylic acids is 1. The number of carbonyl (C=O) groups is 1. The summed E-state index contributed by atoms with van der Waals surface area (Å²) in [6.07, 6.45) is -4.05. The minimum Gasteiger partial charge on any atom is -0.494 e. The highest BCUT2D eigenvalue weighted by Crippen LogP contribution is 2.40. The minimum atomic E-state index is -4.84. The van der Waals surface area contributed by atoms with E-state index in [4.69, 9.17) is 15.5 Å². The number of alkyl halides is 3. The fraction of sp³-hybridized carbons (Fsp3) is 0.344. The lowest BCUT2D eigenvalue weighted by Gasteiger charge is -2.37. The van der Waals surface area contributed by atoms with Gasteiger partial charge in [0.2, 0.25) is 5.91 Å². The third-order valence-electron chi connectivity index (χ3n) is 8.13. The molecule has 7 nitrogen and oxygen atoms in total. The van der Waals surface area contributed by atoms with Crippen molar-refractivity contribution >= 4 is 16.8 Å². The van der Waals surface area contributed by atoms with E-state index in [2.05, 4.69) is 5.32 Å². The van der Waals surface area contributed by atoms with Crippen molar-refractivity contribution in [1.82, 2.24) is 14.9 Å². The molecule has 1 amide bonds. The number of piperidine rings is 1. The molecule has 4 unspecified atom stereocenters. The standard InChI is InChI=1S/C32H32F4N4O3/c1-3-43-22-11-9-21(10-12-22)40-30(39-26-7-5-4-6-23(26)31(40)42)18(2)28(29(37)41)20-14-15-38-27(17-20)19-8-13-25(33)24(16-19)32(34,35)36/h4-13,16,18,20,27-28,38H,3,14-15,17H2,1-2H3,(H2,37,41). The van der Waals surface area contributed by atoms with Crippen molar-refractivity contribution in [2.45, 2.75) is 44.8 Å². The van der Waals surface area contributed by atoms with Gasteiger partial charge in [0.25, 0.3) is 5.56 Å². The Bertz CT molecular complexity index is 1690. The summed E-state index contributed by atoms with van der Waals surface area (Å²) in [5.74, 6) is -2.76. The molecule has 0 saturated carbocycles. The number of para-hydroxylation sites is 1. The van der Waals surface area contributed by atoms with Crippen LogP contribution in [-0.4, -0.2) is 28.6 Å². The van der Waals surface area contributed by atoms with Gasteiger partial charge in [0.1, 0.15) is 17.4 Å². The highest BCUT2D eigenvalue weighted by molar-refractivity contribution is 5.79. The van der Waals surface area contributed by atoms with Crippen LogP contribution in [-0.2, 0) is 11.0 Å². The first-order valence-electron chi connectivity index (χ1n) is 14.1. The van der Waals surface area contributed by atoms with Gasteiger partial charge in [0.05, 0.1) is 34.7 Å². The topological polar surface area (TPSA) is 99.2 Å². The van der Waals surface area contributed by atoms with Crippen molar-refractivity contribution in [1.29, 1.82) is 0 Å². The fourth-order valence-corrected chi connectivity index (χ4v) is 6.11. The lowest BCUT2D eigenvalue weighted by molar-refractivity contribution is -0.140. The lowest BCUT2D eigenvalue weighted by atomic mass is 9.74. The number of primary amides is 1. The molecule has 4 atom stereocenters. The Morgan fingerprint density at radius 3 is 2.53 bits per heavy atom. The molecule has 43 heavy (non-hydrogen) atoms. The zero-order valence-electron chi connectivity index (χ0n) is 23.7. The molecule has 226 valence electrons. The van der Waals surface area contributed by atoms with Crippen molar-refractivity contribution in [3.05, 3.63) is 99.9 Å². The summed E-state index contributed by atoms with van der Waals surface area (Å²) in [5.41, 5.74) is 5.61. The molecule has 1 saturated heterocycles. The van der Waals surface area contributed by atoms with E-state index in [1.165, 1.54) is 10.6 Å². The summed E-state index contributed by atoms with van der Waals surface area (Å²) in [7, 11) is 0. The number of halogens is 4. The van der Waals surface area contributed by atoms with Crippen molar-refractivity contribution in [2.24, 2.45) is 17.6 Å². The summed E-state index contributed by atoms with van der Waals surface area (Å²) in [5, 5.41) is 3.60. The van der Waals surface area contributed by atoms with Gasteiger partial charge in [-0.1, -0.05) is 25.1 Å². The molecule has 1 aliphatic heterocycles. The number of nitrogens with one attached hydrogen (secondary N) is 1. The molecular formula is C32H32F4N4O3. The molecule has 3 aromatic carbocycles. The van der Waals surface area contributed by atoms with Crippen LogP contribution in [0.2, 0.25) is 0 Å². The number of hydrogen-bond acceptors (Lipinski definition) is 5. The quantitative estimate of drug-likeness (QED) is 0.247. The van der Waals surface area contributed by atoms with Crippen molar-refractivity contribution < 1.29 is 27.1 Å². The zero-order valence-corrected chi connectivity index (χ0v) is 23.7. The highest BCUT2D eigenvalue weighted by Gasteiger charge is 2.39. The normalized spacial score (nSPS) is 18.7. The second kappa shape index (κ2) is 12.2. The molecule has 3 N–H and O–H groups in total. The van der Waals surface area contributed by atoms with Crippen LogP contribution in [0.4, 0.5) is 17.6 Å². The van der Waals surface area contributed by atoms with Gasteiger partial charge in [-0.2, -0.15) is 13.2 Å². The average Bonchev–Trinajstić information content (AvgIpc) is 2.97. The van der Waals surface area contributed by atoms with Crippen molar-refractivity contribution in [3.63, 3.8) is 0 Å². The first kappa shape index (κ1) is 30.2. The van der Waals surface area contributed by atoms with Gasteiger partial charge in [-0.3, -0.25) is 14.2 Å². The molecule has 0 aliphatic carbocycles. The number of nitrogens with two attached hydrogens (primary N) is 1. The first-order chi connectivity index (χ1) is 20.5. The Kier molecular flexibility index (Phi) is 8.55.